The number of carboxylic acids is 2. The molecule has 2 rings (SSSR count). The van der Waals surface area contributed by atoms with Gasteiger partial charge in [-0.05, 0) is 106 Å². The number of nitrogens with one attached hydrogen (secondary N) is 4. The van der Waals surface area contributed by atoms with E-state index in [2.05, 4.69) is 35.1 Å². The first-order valence-electron chi connectivity index (χ1n) is 28.5. The molecular weight excluding hydrogens is 997 g/mol. The maximum Gasteiger partial charge on any atom is 0.325 e. The molecule has 10 atom stereocenters. The number of unbranched alkanes of at least 4 members (excludes halogenated alkanes) is 6. The number of aliphatic carboxylic acids is 2. The summed E-state index contributed by atoms with van der Waals surface area (Å²) in [7, 11) is 0. The van der Waals surface area contributed by atoms with Gasteiger partial charge in [0.15, 0.2) is 0 Å². The van der Waals surface area contributed by atoms with Crippen LogP contribution in [0.25, 0.3) is 0 Å². The SMILES string of the molecule is CCCCCCC(C=CCC(O)C(OC(=O)CNc1ccc(CC(N)C(=O)O)cc1)C(C)CCC)C(=O)NC(C)NC(=O)C(C=CCC(O)C(OC(=O)CNc1ccc(CC(N)C(=O)O)cc1)C(C)CCC)CCCCCC. The zero-order chi connectivity index (χ0) is 58.0. The van der Waals surface area contributed by atoms with Crippen molar-refractivity contribution in [1.82, 2.24) is 10.6 Å². The summed E-state index contributed by atoms with van der Waals surface area (Å²) in [6.07, 6.45) is 15.0. The molecule has 18 nitrogen and oxygen atoms in total. The first-order valence-corrected chi connectivity index (χ1v) is 28.5. The van der Waals surface area contributed by atoms with Gasteiger partial charge in [0, 0.05) is 11.4 Å². The fraction of sp³-hybridized carbons (Fsp3) is 0.633. The van der Waals surface area contributed by atoms with Gasteiger partial charge in [-0.2, -0.15) is 0 Å². The third-order valence-corrected chi connectivity index (χ3v) is 13.9. The molecule has 78 heavy (non-hydrogen) atoms. The van der Waals surface area contributed by atoms with Gasteiger partial charge in [0.05, 0.1) is 30.2 Å². The largest absolute Gasteiger partial charge is 0.480 e. The van der Waals surface area contributed by atoms with Crippen LogP contribution in [0.15, 0.2) is 72.8 Å². The van der Waals surface area contributed by atoms with E-state index in [-0.39, 0.29) is 62.4 Å². The van der Waals surface area contributed by atoms with Crippen molar-refractivity contribution >= 4 is 47.1 Å². The van der Waals surface area contributed by atoms with Crippen LogP contribution in [0.2, 0.25) is 0 Å². The lowest BCUT2D eigenvalue weighted by Gasteiger charge is -2.28. The number of ether oxygens (including phenoxy) is 2. The first-order chi connectivity index (χ1) is 37.2. The van der Waals surface area contributed by atoms with Gasteiger partial charge >= 0.3 is 23.9 Å². The molecule has 0 heterocycles. The second kappa shape index (κ2) is 38.7. The van der Waals surface area contributed by atoms with Gasteiger partial charge in [-0.25, -0.2) is 0 Å². The van der Waals surface area contributed by atoms with Crippen molar-refractivity contribution < 1.29 is 58.7 Å². The summed E-state index contributed by atoms with van der Waals surface area (Å²) >= 11 is 0. The smallest absolute Gasteiger partial charge is 0.325 e. The molecule has 0 aliphatic heterocycles. The normalized spacial score (nSPS) is 15.9. The van der Waals surface area contributed by atoms with E-state index < -0.39 is 78.4 Å². The predicted molar refractivity (Wildman–Crippen MR) is 306 cm³/mol. The Morgan fingerprint density at radius 1 is 0.526 bits per heavy atom. The zero-order valence-electron chi connectivity index (χ0n) is 47.6. The molecular formula is C60H96N6O12. The maximum absolute atomic E-state index is 13.9. The van der Waals surface area contributed by atoms with E-state index in [1.54, 1.807) is 79.8 Å². The van der Waals surface area contributed by atoms with Gasteiger partial charge in [0.25, 0.3) is 0 Å². The molecule has 0 bridgehead atoms. The summed E-state index contributed by atoms with van der Waals surface area (Å²) in [5, 5.41) is 53.1. The number of carboxylic acid groups (broad SMARTS) is 2. The summed E-state index contributed by atoms with van der Waals surface area (Å²) in [5.41, 5.74) is 14.1. The van der Waals surface area contributed by atoms with Crippen LogP contribution in [-0.2, 0) is 51.1 Å². The number of benzene rings is 2. The van der Waals surface area contributed by atoms with Gasteiger partial charge in [0.1, 0.15) is 37.4 Å². The van der Waals surface area contributed by atoms with E-state index in [0.29, 0.717) is 37.1 Å². The number of anilines is 2. The molecule has 18 heteroatoms. The van der Waals surface area contributed by atoms with Crippen LogP contribution in [0.1, 0.15) is 162 Å². The number of hydrogen-bond acceptors (Lipinski definition) is 14. The number of aliphatic hydroxyl groups excluding tert-OH is 2. The van der Waals surface area contributed by atoms with Crippen LogP contribution in [0, 0.1) is 23.7 Å². The number of hydrogen-bond donors (Lipinski definition) is 10. The van der Waals surface area contributed by atoms with Crippen LogP contribution < -0.4 is 32.7 Å². The summed E-state index contributed by atoms with van der Waals surface area (Å²) in [4.78, 5) is 76.4. The molecule has 0 spiro atoms. The van der Waals surface area contributed by atoms with Crippen LogP contribution in [0.3, 0.4) is 0 Å². The molecule has 0 saturated heterocycles. The van der Waals surface area contributed by atoms with Gasteiger partial charge in [-0.15, -0.1) is 0 Å². The molecule has 0 aliphatic rings. The molecule has 0 aromatic heterocycles. The molecule has 10 unspecified atom stereocenters. The van der Waals surface area contributed by atoms with Crippen LogP contribution in [0.5, 0.6) is 0 Å². The van der Waals surface area contributed by atoms with Crippen LogP contribution >= 0.6 is 0 Å². The molecule has 0 fully saturated rings. The Kier molecular flexibility index (Phi) is 33.9. The predicted octanol–water partition coefficient (Wildman–Crippen LogP) is 8.18. The van der Waals surface area contributed by atoms with Gasteiger partial charge in [-0.3, -0.25) is 28.8 Å². The summed E-state index contributed by atoms with van der Waals surface area (Å²) in [6, 6.07) is 11.8. The molecule has 438 valence electrons. The van der Waals surface area contributed by atoms with Crippen molar-refractivity contribution in [2.24, 2.45) is 35.1 Å². The van der Waals surface area contributed by atoms with Crippen molar-refractivity contribution in [2.75, 3.05) is 23.7 Å². The monoisotopic (exact) mass is 1090 g/mol. The number of amides is 2. The maximum atomic E-state index is 13.9. The minimum Gasteiger partial charge on any atom is -0.480 e. The lowest BCUT2D eigenvalue weighted by atomic mass is 9.92. The topological polar surface area (TPSA) is 302 Å². The third-order valence-electron chi connectivity index (χ3n) is 13.9. The molecule has 2 aromatic rings. The highest BCUT2D eigenvalue weighted by Crippen LogP contribution is 2.24. The Morgan fingerprint density at radius 2 is 0.885 bits per heavy atom. The van der Waals surface area contributed by atoms with Crippen molar-refractivity contribution in [1.29, 1.82) is 0 Å². The second-order valence-electron chi connectivity index (χ2n) is 21.0. The van der Waals surface area contributed by atoms with Crippen molar-refractivity contribution in [3.63, 3.8) is 0 Å². The van der Waals surface area contributed by atoms with E-state index in [4.69, 9.17) is 31.2 Å². The fourth-order valence-electron chi connectivity index (χ4n) is 9.24. The highest BCUT2D eigenvalue weighted by Gasteiger charge is 2.30. The Hall–Kier alpha value is -5.82. The zero-order valence-corrected chi connectivity index (χ0v) is 47.6. The highest BCUT2D eigenvalue weighted by molar-refractivity contribution is 5.83. The minimum atomic E-state index is -1.09. The number of nitrogens with two attached hydrogens (primary N) is 2. The number of aliphatic hydroxyl groups is 2. The molecule has 0 radical (unpaired) electrons. The fourth-order valence-corrected chi connectivity index (χ4v) is 9.24. The molecule has 2 amide bonds. The van der Waals surface area contributed by atoms with E-state index in [1.165, 1.54) is 0 Å². The third kappa shape index (κ3) is 27.7. The summed E-state index contributed by atoms with van der Waals surface area (Å²) in [5.74, 6) is -5.26. The van der Waals surface area contributed by atoms with Gasteiger partial charge in [-0.1, -0.05) is 154 Å². The second-order valence-corrected chi connectivity index (χ2v) is 21.0. The quantitative estimate of drug-likeness (QED) is 0.0130. The number of rotatable bonds is 42. The van der Waals surface area contributed by atoms with Crippen LogP contribution in [0.4, 0.5) is 11.4 Å². The van der Waals surface area contributed by atoms with E-state index in [1.807, 2.05) is 27.7 Å². The highest BCUT2D eigenvalue weighted by atomic mass is 16.6. The molecule has 0 saturated carbocycles. The first kappa shape index (κ1) is 68.3. The lowest BCUT2D eigenvalue weighted by molar-refractivity contribution is -0.157. The minimum absolute atomic E-state index is 0.133. The standard InChI is InChI=1S/C60H96N6O12/c1-8-12-14-16-22-45(24-18-26-51(67)55(40(5)20-10-3)77-53(69)38-63-47-32-28-43(29-33-47)36-49(61)59(73)74)57(71)65-42(7)66-58(72)46(23-17-15-13-9-2)25-19-27-52(68)56(41(6)21-11-4)78-54(70)39-64-48-34-30-44(31-35-48)37-50(62)60(75)76/h18-19,24-25,28-35,40-42,45-46,49-52,55-56,63-64,67-68H,8-17,20-23,26-27,36-39,61-62H2,1-7H3,(H,65,71)(H,66,72)(H,73,74)(H,75,76). The van der Waals surface area contributed by atoms with Crippen molar-refractivity contribution in [3.8, 4) is 0 Å². The van der Waals surface area contributed by atoms with Gasteiger partial charge < -0.3 is 62.6 Å². The Balaban J connectivity index is 2.13. The van der Waals surface area contributed by atoms with E-state index in [0.717, 1.165) is 75.3 Å². The van der Waals surface area contributed by atoms with Crippen molar-refractivity contribution in [3.05, 3.63) is 84.0 Å². The average Bonchev–Trinajstić information content (AvgIpc) is 3.40. The van der Waals surface area contributed by atoms with Crippen molar-refractivity contribution in [2.45, 2.75) is 207 Å². The number of carbonyl (C=O) groups is 6. The summed E-state index contributed by atoms with van der Waals surface area (Å²) < 4.78 is 11.7. The lowest BCUT2D eigenvalue weighted by Crippen LogP contribution is -2.49. The molecule has 2 aromatic carbocycles. The Morgan fingerprint density at radius 3 is 1.21 bits per heavy atom. The number of carbonyl (C=O) groups excluding carboxylic acids is 4. The Labute approximate surface area is 464 Å². The number of esters is 2. The molecule has 12 N–H and O–H groups in total. The van der Waals surface area contributed by atoms with E-state index in [9.17, 15) is 39.0 Å². The van der Waals surface area contributed by atoms with Crippen LogP contribution in [-0.4, -0.2) is 112 Å². The molecule has 0 aliphatic carbocycles. The Bertz CT molecular complexity index is 1970. The van der Waals surface area contributed by atoms with E-state index >= 15 is 0 Å². The van der Waals surface area contributed by atoms with Gasteiger partial charge in [0.2, 0.25) is 11.8 Å². The summed E-state index contributed by atoms with van der Waals surface area (Å²) in [6.45, 7) is 13.5. The average molecular weight is 1090 g/mol.